The number of hydrogen-bond donors (Lipinski definition) is 0. The Balaban J connectivity index is 1.47. The molecule has 8 nitrogen and oxygen atoms in total. The summed E-state index contributed by atoms with van der Waals surface area (Å²) >= 11 is 0. The van der Waals surface area contributed by atoms with E-state index in [1.165, 1.54) is 6.20 Å². The van der Waals surface area contributed by atoms with Crippen LogP contribution < -0.4 is 4.90 Å². The number of amides is 1. The molecule has 4 rings (SSSR count). The standard InChI is InChI=1S/C25H29N5O3/c1-4-33-25(32)21-14-20(15-26-16-21)22-7-5-6-8-23(22)28-9-11-29(12-10-28)24(31)17-30-19(3)13-18(2)27-30/h5-8,13-16H,4,9-12,17H2,1-3H3. The number of nitrogens with zero attached hydrogens (tertiary/aromatic N) is 5. The molecule has 0 radical (unpaired) electrons. The highest BCUT2D eigenvalue weighted by atomic mass is 16.5. The van der Waals surface area contributed by atoms with Crippen molar-refractivity contribution in [2.75, 3.05) is 37.7 Å². The van der Waals surface area contributed by atoms with E-state index in [2.05, 4.69) is 21.0 Å². The van der Waals surface area contributed by atoms with Crippen molar-refractivity contribution in [3.8, 4) is 11.1 Å². The maximum absolute atomic E-state index is 12.8. The predicted octanol–water partition coefficient (Wildman–Crippen LogP) is 3.09. The zero-order valence-electron chi connectivity index (χ0n) is 19.3. The van der Waals surface area contributed by atoms with Gasteiger partial charge in [0.05, 0.1) is 17.9 Å². The number of pyridine rings is 1. The zero-order chi connectivity index (χ0) is 23.4. The Morgan fingerprint density at radius 2 is 1.79 bits per heavy atom. The van der Waals surface area contributed by atoms with E-state index in [1.807, 2.05) is 49.1 Å². The lowest BCUT2D eigenvalue weighted by Crippen LogP contribution is -2.49. The second-order valence-electron chi connectivity index (χ2n) is 8.15. The molecule has 1 aliphatic heterocycles. The van der Waals surface area contributed by atoms with Gasteiger partial charge in [0, 0.05) is 61.1 Å². The number of benzene rings is 1. The largest absolute Gasteiger partial charge is 0.462 e. The van der Waals surface area contributed by atoms with E-state index < -0.39 is 0 Å². The van der Waals surface area contributed by atoms with Crippen LogP contribution in [-0.4, -0.2) is 64.3 Å². The first kappa shape index (κ1) is 22.5. The minimum absolute atomic E-state index is 0.0838. The van der Waals surface area contributed by atoms with Crippen molar-refractivity contribution in [2.24, 2.45) is 0 Å². The highest BCUT2D eigenvalue weighted by molar-refractivity contribution is 5.91. The molecular weight excluding hydrogens is 418 g/mol. The number of ether oxygens (including phenoxy) is 1. The number of rotatable bonds is 6. The van der Waals surface area contributed by atoms with Crippen molar-refractivity contribution in [1.82, 2.24) is 19.7 Å². The van der Waals surface area contributed by atoms with Gasteiger partial charge < -0.3 is 14.5 Å². The number of carbonyl (C=O) groups is 2. The van der Waals surface area contributed by atoms with Gasteiger partial charge in [-0.2, -0.15) is 5.10 Å². The van der Waals surface area contributed by atoms with Crippen LogP contribution in [0.4, 0.5) is 5.69 Å². The molecule has 1 fully saturated rings. The van der Waals surface area contributed by atoms with Crippen LogP contribution in [0.15, 0.2) is 48.8 Å². The van der Waals surface area contributed by atoms with Crippen molar-refractivity contribution in [1.29, 1.82) is 0 Å². The SMILES string of the molecule is CCOC(=O)c1cncc(-c2ccccc2N2CCN(C(=O)Cn3nc(C)cc3C)CC2)c1. The van der Waals surface area contributed by atoms with Crippen molar-refractivity contribution in [2.45, 2.75) is 27.3 Å². The second kappa shape index (κ2) is 9.85. The van der Waals surface area contributed by atoms with Gasteiger partial charge in [-0.3, -0.25) is 14.5 Å². The fourth-order valence-corrected chi connectivity index (χ4v) is 4.17. The third-order valence-corrected chi connectivity index (χ3v) is 5.83. The summed E-state index contributed by atoms with van der Waals surface area (Å²) in [5.74, 6) is -0.292. The molecule has 0 saturated carbocycles. The zero-order valence-corrected chi connectivity index (χ0v) is 19.3. The normalized spacial score (nSPS) is 13.8. The number of hydrogen-bond acceptors (Lipinski definition) is 6. The Kier molecular flexibility index (Phi) is 6.72. The highest BCUT2D eigenvalue weighted by Gasteiger charge is 2.24. The molecule has 1 aliphatic rings. The molecule has 172 valence electrons. The summed E-state index contributed by atoms with van der Waals surface area (Å²) in [5.41, 5.74) is 5.27. The molecule has 0 unspecified atom stereocenters. The van der Waals surface area contributed by atoms with Crippen molar-refractivity contribution < 1.29 is 14.3 Å². The second-order valence-corrected chi connectivity index (χ2v) is 8.15. The summed E-state index contributed by atoms with van der Waals surface area (Å²) in [5, 5.41) is 4.40. The molecule has 1 amide bonds. The summed E-state index contributed by atoms with van der Waals surface area (Å²) in [6.07, 6.45) is 3.28. The van der Waals surface area contributed by atoms with Gasteiger partial charge in [-0.1, -0.05) is 18.2 Å². The van der Waals surface area contributed by atoms with Gasteiger partial charge in [-0.25, -0.2) is 4.79 Å². The predicted molar refractivity (Wildman–Crippen MR) is 126 cm³/mol. The van der Waals surface area contributed by atoms with Crippen LogP contribution in [0.2, 0.25) is 0 Å². The molecule has 0 atom stereocenters. The first-order valence-corrected chi connectivity index (χ1v) is 11.2. The number of aryl methyl sites for hydroxylation is 2. The van der Waals surface area contributed by atoms with E-state index in [1.54, 1.807) is 17.8 Å². The molecular formula is C25H29N5O3. The van der Waals surface area contributed by atoms with Crippen LogP contribution in [-0.2, 0) is 16.1 Å². The summed E-state index contributed by atoms with van der Waals surface area (Å²) in [6, 6.07) is 11.9. The number of aromatic nitrogens is 3. The van der Waals surface area contributed by atoms with E-state index in [9.17, 15) is 9.59 Å². The Morgan fingerprint density at radius 1 is 1.03 bits per heavy atom. The number of esters is 1. The molecule has 0 aliphatic carbocycles. The Bertz CT molecular complexity index is 1150. The lowest BCUT2D eigenvalue weighted by molar-refractivity contribution is -0.132. The van der Waals surface area contributed by atoms with E-state index in [4.69, 9.17) is 4.74 Å². The van der Waals surface area contributed by atoms with Crippen molar-refractivity contribution >= 4 is 17.6 Å². The van der Waals surface area contributed by atoms with Gasteiger partial charge in [-0.05, 0) is 39.0 Å². The van der Waals surface area contributed by atoms with E-state index >= 15 is 0 Å². The number of piperazine rings is 1. The van der Waals surface area contributed by atoms with Gasteiger partial charge in [0.1, 0.15) is 6.54 Å². The summed E-state index contributed by atoms with van der Waals surface area (Å²) in [6.45, 7) is 9.02. The van der Waals surface area contributed by atoms with E-state index in [-0.39, 0.29) is 18.4 Å². The number of carbonyl (C=O) groups excluding carboxylic acids is 2. The van der Waals surface area contributed by atoms with E-state index in [0.717, 1.165) is 41.3 Å². The molecule has 2 aromatic heterocycles. The molecule has 1 aromatic carbocycles. The first-order valence-electron chi connectivity index (χ1n) is 11.2. The monoisotopic (exact) mass is 447 g/mol. The smallest absolute Gasteiger partial charge is 0.339 e. The van der Waals surface area contributed by atoms with Crippen LogP contribution in [0.25, 0.3) is 11.1 Å². The maximum atomic E-state index is 12.8. The summed E-state index contributed by atoms with van der Waals surface area (Å²) in [4.78, 5) is 33.4. The lowest BCUT2D eigenvalue weighted by atomic mass is 10.0. The molecule has 0 spiro atoms. The third-order valence-electron chi connectivity index (χ3n) is 5.83. The fourth-order valence-electron chi connectivity index (χ4n) is 4.17. The van der Waals surface area contributed by atoms with Crippen LogP contribution in [0, 0.1) is 13.8 Å². The molecule has 3 aromatic rings. The Hall–Kier alpha value is -3.68. The highest BCUT2D eigenvalue weighted by Crippen LogP contribution is 2.31. The van der Waals surface area contributed by atoms with Crippen LogP contribution >= 0.6 is 0 Å². The maximum Gasteiger partial charge on any atom is 0.339 e. The van der Waals surface area contributed by atoms with Gasteiger partial charge in [-0.15, -0.1) is 0 Å². The van der Waals surface area contributed by atoms with Gasteiger partial charge >= 0.3 is 5.97 Å². The Morgan fingerprint density at radius 3 is 2.48 bits per heavy atom. The molecule has 33 heavy (non-hydrogen) atoms. The molecule has 1 saturated heterocycles. The van der Waals surface area contributed by atoms with E-state index in [0.29, 0.717) is 25.3 Å². The Labute approximate surface area is 193 Å². The summed E-state index contributed by atoms with van der Waals surface area (Å²) < 4.78 is 6.88. The fraction of sp³-hybridized carbons (Fsp3) is 0.360. The summed E-state index contributed by atoms with van der Waals surface area (Å²) in [7, 11) is 0. The van der Waals surface area contributed by atoms with Gasteiger partial charge in [0.25, 0.3) is 0 Å². The third kappa shape index (κ3) is 5.05. The van der Waals surface area contributed by atoms with Crippen molar-refractivity contribution in [3.63, 3.8) is 0 Å². The van der Waals surface area contributed by atoms with Gasteiger partial charge in [0.15, 0.2) is 0 Å². The number of para-hydroxylation sites is 1. The molecule has 3 heterocycles. The first-order chi connectivity index (χ1) is 16.0. The molecule has 8 heteroatoms. The minimum Gasteiger partial charge on any atom is -0.462 e. The van der Waals surface area contributed by atoms with Crippen molar-refractivity contribution in [3.05, 3.63) is 65.7 Å². The van der Waals surface area contributed by atoms with Crippen LogP contribution in [0.5, 0.6) is 0 Å². The molecule has 0 bridgehead atoms. The van der Waals surface area contributed by atoms with Gasteiger partial charge in [0.2, 0.25) is 5.91 Å². The quantitative estimate of drug-likeness (QED) is 0.540. The van der Waals surface area contributed by atoms with Crippen LogP contribution in [0.3, 0.4) is 0 Å². The lowest BCUT2D eigenvalue weighted by Gasteiger charge is -2.37. The average Bonchev–Trinajstić information content (AvgIpc) is 3.15. The number of anilines is 1. The minimum atomic E-state index is -0.376. The topological polar surface area (TPSA) is 80.6 Å². The molecule has 0 N–H and O–H groups in total. The van der Waals surface area contributed by atoms with Crippen LogP contribution in [0.1, 0.15) is 28.7 Å². The average molecular weight is 448 g/mol.